The molecule has 0 bridgehead atoms. The summed E-state index contributed by atoms with van der Waals surface area (Å²) in [7, 11) is -3.58. The Balaban J connectivity index is 1.62. The number of nitrogens with two attached hydrogens (primary N) is 1. The SMILES string of the molecule is NS(=O)(=O)Cc1ccc(NC(=O)Cc2csc(-c3ccccc3Cl)n2)cc1. The van der Waals surface area contributed by atoms with Crippen LogP contribution in [0.25, 0.3) is 10.6 Å². The highest BCUT2D eigenvalue weighted by atomic mass is 35.5. The van der Waals surface area contributed by atoms with Crippen LogP contribution in [0.3, 0.4) is 0 Å². The number of hydrogen-bond acceptors (Lipinski definition) is 5. The molecular weight excluding hydrogens is 406 g/mol. The van der Waals surface area contributed by atoms with Crippen LogP contribution in [0.1, 0.15) is 11.3 Å². The summed E-state index contributed by atoms with van der Waals surface area (Å²) in [5.74, 6) is -0.463. The van der Waals surface area contributed by atoms with E-state index in [1.807, 2.05) is 23.6 Å². The number of sulfonamides is 1. The van der Waals surface area contributed by atoms with Crippen LogP contribution < -0.4 is 10.5 Å². The Morgan fingerprint density at radius 2 is 1.85 bits per heavy atom. The van der Waals surface area contributed by atoms with E-state index in [4.69, 9.17) is 16.7 Å². The second kappa shape index (κ2) is 8.18. The molecule has 0 saturated carbocycles. The monoisotopic (exact) mass is 421 g/mol. The second-order valence-corrected chi connectivity index (χ2v) is 8.73. The maximum absolute atomic E-state index is 12.2. The van der Waals surface area contributed by atoms with Crippen molar-refractivity contribution in [3.05, 3.63) is 70.2 Å². The maximum Gasteiger partial charge on any atom is 0.230 e. The van der Waals surface area contributed by atoms with Gasteiger partial charge in [-0.3, -0.25) is 4.79 Å². The molecule has 0 aliphatic carbocycles. The minimum atomic E-state index is -3.58. The number of rotatable bonds is 6. The normalized spacial score (nSPS) is 11.3. The highest BCUT2D eigenvalue weighted by Crippen LogP contribution is 2.30. The number of thiazole rings is 1. The molecule has 9 heteroatoms. The molecular formula is C18H16ClN3O3S2. The molecule has 140 valence electrons. The number of aromatic nitrogens is 1. The number of carbonyl (C=O) groups is 1. The smallest absolute Gasteiger partial charge is 0.230 e. The van der Waals surface area contributed by atoms with Crippen LogP contribution in [0.2, 0.25) is 5.02 Å². The average Bonchev–Trinajstić information content (AvgIpc) is 3.04. The molecule has 0 radical (unpaired) electrons. The van der Waals surface area contributed by atoms with Crippen molar-refractivity contribution in [2.45, 2.75) is 12.2 Å². The minimum absolute atomic E-state index is 0.125. The first-order chi connectivity index (χ1) is 12.8. The Kier molecular flexibility index (Phi) is 5.91. The molecule has 3 N–H and O–H groups in total. The number of anilines is 1. The standard InChI is InChI=1S/C18H16ClN3O3S2/c19-16-4-2-1-3-15(16)18-22-14(10-26-18)9-17(23)21-13-7-5-12(6-8-13)11-27(20,24)25/h1-8,10H,9,11H2,(H,21,23)(H2,20,24,25). The lowest BCUT2D eigenvalue weighted by molar-refractivity contribution is -0.115. The Bertz CT molecular complexity index is 1060. The van der Waals surface area contributed by atoms with E-state index in [-0.39, 0.29) is 18.1 Å². The molecule has 0 aliphatic heterocycles. The molecule has 6 nitrogen and oxygen atoms in total. The van der Waals surface area contributed by atoms with Gasteiger partial charge in [0.1, 0.15) is 5.01 Å². The number of carbonyl (C=O) groups excluding carboxylic acids is 1. The van der Waals surface area contributed by atoms with E-state index in [0.717, 1.165) is 10.6 Å². The van der Waals surface area contributed by atoms with E-state index in [1.165, 1.54) is 11.3 Å². The summed E-state index contributed by atoms with van der Waals surface area (Å²) in [6.07, 6.45) is 0.125. The molecule has 3 aromatic rings. The zero-order valence-corrected chi connectivity index (χ0v) is 16.4. The third kappa shape index (κ3) is 5.61. The number of hydrogen-bond donors (Lipinski definition) is 2. The lowest BCUT2D eigenvalue weighted by Crippen LogP contribution is -2.15. The number of benzene rings is 2. The van der Waals surface area contributed by atoms with Crippen molar-refractivity contribution in [2.24, 2.45) is 5.14 Å². The lowest BCUT2D eigenvalue weighted by atomic mass is 10.2. The second-order valence-electron chi connectivity index (χ2n) is 5.85. The summed E-state index contributed by atoms with van der Waals surface area (Å²) in [5, 5.41) is 11.0. The summed E-state index contributed by atoms with van der Waals surface area (Å²) in [6, 6.07) is 13.9. The maximum atomic E-state index is 12.2. The lowest BCUT2D eigenvalue weighted by Gasteiger charge is -2.05. The van der Waals surface area contributed by atoms with Gasteiger partial charge in [0.25, 0.3) is 0 Å². The van der Waals surface area contributed by atoms with E-state index in [1.54, 1.807) is 30.3 Å². The van der Waals surface area contributed by atoms with Crippen LogP contribution in [0.15, 0.2) is 53.9 Å². The zero-order chi connectivity index (χ0) is 19.4. The van der Waals surface area contributed by atoms with E-state index < -0.39 is 10.0 Å². The molecule has 0 atom stereocenters. The van der Waals surface area contributed by atoms with Crippen molar-refractivity contribution in [3.63, 3.8) is 0 Å². The molecule has 1 heterocycles. The first-order valence-corrected chi connectivity index (χ1v) is 10.9. The van der Waals surface area contributed by atoms with E-state index in [0.29, 0.717) is 22.0 Å². The fourth-order valence-electron chi connectivity index (χ4n) is 2.43. The van der Waals surface area contributed by atoms with Gasteiger partial charge in [-0.05, 0) is 23.8 Å². The molecule has 0 fully saturated rings. The van der Waals surface area contributed by atoms with Crippen molar-refractivity contribution in [2.75, 3.05) is 5.32 Å². The summed E-state index contributed by atoms with van der Waals surface area (Å²) in [6.45, 7) is 0. The van der Waals surface area contributed by atoms with Crippen molar-refractivity contribution in [1.82, 2.24) is 4.98 Å². The summed E-state index contributed by atoms with van der Waals surface area (Å²) in [5.41, 5.74) is 2.61. The van der Waals surface area contributed by atoms with Crippen LogP contribution in [0.4, 0.5) is 5.69 Å². The topological polar surface area (TPSA) is 102 Å². The zero-order valence-electron chi connectivity index (χ0n) is 14.1. The summed E-state index contributed by atoms with van der Waals surface area (Å²) >= 11 is 7.60. The predicted molar refractivity (Wildman–Crippen MR) is 108 cm³/mol. The summed E-state index contributed by atoms with van der Waals surface area (Å²) < 4.78 is 22.2. The Morgan fingerprint density at radius 1 is 1.15 bits per heavy atom. The van der Waals surface area contributed by atoms with E-state index in [9.17, 15) is 13.2 Å². The highest BCUT2D eigenvalue weighted by molar-refractivity contribution is 7.88. The van der Waals surface area contributed by atoms with Gasteiger partial charge >= 0.3 is 0 Å². The molecule has 0 aliphatic rings. The predicted octanol–water partition coefficient (Wildman–Crippen LogP) is 3.43. The van der Waals surface area contributed by atoms with Crippen molar-refractivity contribution < 1.29 is 13.2 Å². The third-order valence-corrected chi connectivity index (χ3v) is 5.59. The van der Waals surface area contributed by atoms with Crippen LogP contribution in [-0.2, 0) is 27.0 Å². The third-order valence-electron chi connectivity index (χ3n) is 3.60. The quantitative estimate of drug-likeness (QED) is 0.636. The van der Waals surface area contributed by atoms with E-state index in [2.05, 4.69) is 10.3 Å². The van der Waals surface area contributed by atoms with Gasteiger partial charge in [0, 0.05) is 16.6 Å². The van der Waals surface area contributed by atoms with Gasteiger partial charge < -0.3 is 5.32 Å². The van der Waals surface area contributed by atoms with Crippen LogP contribution in [0, 0.1) is 0 Å². The molecule has 0 unspecified atom stereocenters. The number of nitrogens with one attached hydrogen (secondary N) is 1. The molecule has 1 aromatic heterocycles. The van der Waals surface area contributed by atoms with Crippen molar-refractivity contribution in [3.8, 4) is 10.6 Å². The van der Waals surface area contributed by atoms with Crippen LogP contribution in [-0.4, -0.2) is 19.3 Å². The van der Waals surface area contributed by atoms with Gasteiger partial charge in [0.15, 0.2) is 0 Å². The number of halogens is 1. The Hall–Kier alpha value is -2.26. The van der Waals surface area contributed by atoms with Gasteiger partial charge in [-0.1, -0.05) is 41.9 Å². The van der Waals surface area contributed by atoms with E-state index >= 15 is 0 Å². The van der Waals surface area contributed by atoms with Crippen LogP contribution in [0.5, 0.6) is 0 Å². The number of primary sulfonamides is 1. The van der Waals surface area contributed by atoms with Gasteiger partial charge in [-0.2, -0.15) is 0 Å². The molecule has 27 heavy (non-hydrogen) atoms. The summed E-state index contributed by atoms with van der Waals surface area (Å²) in [4.78, 5) is 16.7. The van der Waals surface area contributed by atoms with Crippen molar-refractivity contribution >= 4 is 44.6 Å². The van der Waals surface area contributed by atoms with Gasteiger partial charge in [0.2, 0.25) is 15.9 Å². The fraction of sp³-hybridized carbons (Fsp3) is 0.111. The number of amides is 1. The van der Waals surface area contributed by atoms with Crippen molar-refractivity contribution in [1.29, 1.82) is 0 Å². The van der Waals surface area contributed by atoms with Gasteiger partial charge in [0.05, 0.1) is 22.9 Å². The first kappa shape index (κ1) is 19.5. The molecule has 3 rings (SSSR count). The highest BCUT2D eigenvalue weighted by Gasteiger charge is 2.11. The van der Waals surface area contributed by atoms with Gasteiger partial charge in [-0.25, -0.2) is 18.5 Å². The number of nitrogens with zero attached hydrogens (tertiary/aromatic N) is 1. The average molecular weight is 422 g/mol. The fourth-order valence-corrected chi connectivity index (χ4v) is 4.23. The minimum Gasteiger partial charge on any atom is -0.326 e. The molecule has 0 saturated heterocycles. The Labute approximate surface area is 166 Å². The first-order valence-electron chi connectivity index (χ1n) is 7.89. The molecule has 2 aromatic carbocycles. The van der Waals surface area contributed by atoms with Crippen LogP contribution >= 0.6 is 22.9 Å². The largest absolute Gasteiger partial charge is 0.326 e. The van der Waals surface area contributed by atoms with Gasteiger partial charge in [-0.15, -0.1) is 11.3 Å². The Morgan fingerprint density at radius 3 is 2.52 bits per heavy atom. The molecule has 0 spiro atoms. The molecule has 1 amide bonds.